The number of benzene rings is 9. The van der Waals surface area contributed by atoms with Crippen LogP contribution in [0, 0.1) is 0 Å². The summed E-state index contributed by atoms with van der Waals surface area (Å²) in [5.74, 6) is 0. The van der Waals surface area contributed by atoms with Crippen LogP contribution < -0.4 is 4.90 Å². The fourth-order valence-electron chi connectivity index (χ4n) is 8.59. The number of allylic oxidation sites excluding steroid dienone is 2. The molecule has 0 fully saturated rings. The van der Waals surface area contributed by atoms with Crippen LogP contribution in [-0.4, -0.2) is 0 Å². The van der Waals surface area contributed by atoms with E-state index >= 15 is 0 Å². The van der Waals surface area contributed by atoms with Gasteiger partial charge in [-0.25, -0.2) is 0 Å². The van der Waals surface area contributed by atoms with E-state index in [4.69, 9.17) is 0 Å². The Morgan fingerprint density at radius 2 is 1.04 bits per heavy atom. The molecule has 1 nitrogen and oxygen atoms in total. The molecule has 0 spiro atoms. The summed E-state index contributed by atoms with van der Waals surface area (Å²) in [6.45, 7) is 4.69. The zero-order chi connectivity index (χ0) is 37.4. The standard InChI is InChI=1S/C54H39NS/c1-2-3-5-29-47-46-30-16-17-33-51(46)56-52(47)36-55(50-35-38-21-8-9-24-41(38)42-25-10-13-28-45(42)50)40-23-18-22-39(34-40)54-49-32-15-12-27-44(49)43-26-11-14-31-48(43)53(54)37-19-6-4-7-20-37/h2,4-35H,1,3,36H2/b29-5-. The quantitative estimate of drug-likeness (QED) is 0.105. The fourth-order valence-corrected chi connectivity index (χ4v) is 9.77. The van der Waals surface area contributed by atoms with Crippen molar-refractivity contribution >= 4 is 82.0 Å². The zero-order valence-corrected chi connectivity index (χ0v) is 31.8. The Morgan fingerprint density at radius 3 is 1.75 bits per heavy atom. The average molecular weight is 734 g/mol. The third kappa shape index (κ3) is 5.87. The van der Waals surface area contributed by atoms with Gasteiger partial charge in [-0.05, 0) is 96.2 Å². The molecule has 0 aliphatic carbocycles. The number of hydrogen-bond acceptors (Lipinski definition) is 2. The van der Waals surface area contributed by atoms with Gasteiger partial charge in [0.1, 0.15) is 0 Å². The van der Waals surface area contributed by atoms with E-state index in [1.807, 2.05) is 17.4 Å². The monoisotopic (exact) mass is 733 g/mol. The minimum Gasteiger partial charge on any atom is -0.336 e. The molecule has 266 valence electrons. The molecular formula is C54H39NS. The van der Waals surface area contributed by atoms with Crippen molar-refractivity contribution in [1.82, 2.24) is 0 Å². The van der Waals surface area contributed by atoms with Crippen LogP contribution in [0.5, 0.6) is 0 Å². The molecule has 0 saturated heterocycles. The summed E-state index contributed by atoms with van der Waals surface area (Å²) in [6, 6.07) is 66.8. The molecule has 0 radical (unpaired) electrons. The second-order valence-electron chi connectivity index (χ2n) is 14.4. The van der Waals surface area contributed by atoms with Crippen molar-refractivity contribution in [1.29, 1.82) is 0 Å². The van der Waals surface area contributed by atoms with E-state index in [2.05, 4.69) is 206 Å². The van der Waals surface area contributed by atoms with Gasteiger partial charge >= 0.3 is 0 Å². The van der Waals surface area contributed by atoms with E-state index in [0.717, 1.165) is 12.1 Å². The van der Waals surface area contributed by atoms with Crippen LogP contribution in [0.25, 0.3) is 81.5 Å². The van der Waals surface area contributed by atoms with E-state index in [9.17, 15) is 0 Å². The van der Waals surface area contributed by atoms with Crippen LogP contribution in [-0.2, 0) is 6.54 Å². The lowest BCUT2D eigenvalue weighted by molar-refractivity contribution is 1.00. The lowest BCUT2D eigenvalue weighted by Crippen LogP contribution is -2.17. The van der Waals surface area contributed by atoms with Crippen molar-refractivity contribution in [3.8, 4) is 22.3 Å². The van der Waals surface area contributed by atoms with Crippen LogP contribution in [0.15, 0.2) is 201 Å². The fraction of sp³-hybridized carbons (Fsp3) is 0.0370. The van der Waals surface area contributed by atoms with Gasteiger partial charge in [-0.3, -0.25) is 0 Å². The number of hydrogen-bond donors (Lipinski definition) is 0. The number of anilines is 2. The van der Waals surface area contributed by atoms with E-state index in [0.29, 0.717) is 6.54 Å². The molecular weight excluding hydrogens is 695 g/mol. The molecule has 0 atom stereocenters. The molecule has 0 aliphatic heterocycles. The molecule has 0 saturated carbocycles. The molecule has 2 heteroatoms. The number of fused-ring (bicyclic) bond motifs is 7. The summed E-state index contributed by atoms with van der Waals surface area (Å²) in [7, 11) is 0. The molecule has 10 aromatic rings. The van der Waals surface area contributed by atoms with Gasteiger partial charge in [0.2, 0.25) is 0 Å². The van der Waals surface area contributed by atoms with Gasteiger partial charge in [0.05, 0.1) is 6.54 Å². The van der Waals surface area contributed by atoms with Crippen molar-refractivity contribution in [3.05, 3.63) is 211 Å². The second kappa shape index (κ2) is 14.5. The molecule has 56 heavy (non-hydrogen) atoms. The van der Waals surface area contributed by atoms with E-state index in [1.165, 1.54) is 91.6 Å². The molecule has 0 aliphatic rings. The maximum absolute atomic E-state index is 3.98. The minimum absolute atomic E-state index is 0.711. The van der Waals surface area contributed by atoms with Gasteiger partial charge in [-0.1, -0.05) is 176 Å². The Balaban J connectivity index is 1.25. The highest BCUT2D eigenvalue weighted by Crippen LogP contribution is 2.47. The van der Waals surface area contributed by atoms with Crippen LogP contribution in [0.1, 0.15) is 16.9 Å². The molecule has 9 aromatic carbocycles. The van der Waals surface area contributed by atoms with Gasteiger partial charge in [0, 0.05) is 31.7 Å². The Hall–Kier alpha value is -6.74. The van der Waals surface area contributed by atoms with E-state index < -0.39 is 0 Å². The van der Waals surface area contributed by atoms with Gasteiger partial charge < -0.3 is 4.90 Å². The summed E-state index contributed by atoms with van der Waals surface area (Å²) in [4.78, 5) is 3.88. The normalized spacial score (nSPS) is 11.7. The third-order valence-electron chi connectivity index (χ3n) is 11.1. The van der Waals surface area contributed by atoms with Crippen LogP contribution in [0.2, 0.25) is 0 Å². The highest BCUT2D eigenvalue weighted by atomic mass is 32.1. The highest BCUT2D eigenvalue weighted by Gasteiger charge is 2.22. The van der Waals surface area contributed by atoms with Crippen molar-refractivity contribution in [2.45, 2.75) is 13.0 Å². The van der Waals surface area contributed by atoms with E-state index in [1.54, 1.807) is 0 Å². The van der Waals surface area contributed by atoms with Crippen LogP contribution >= 0.6 is 11.3 Å². The van der Waals surface area contributed by atoms with Gasteiger partial charge in [0.15, 0.2) is 0 Å². The summed E-state index contributed by atoms with van der Waals surface area (Å²) in [5.41, 5.74) is 8.56. The topological polar surface area (TPSA) is 3.24 Å². The Kier molecular flexibility index (Phi) is 8.74. The molecule has 1 aromatic heterocycles. The predicted molar refractivity (Wildman–Crippen MR) is 245 cm³/mol. The molecule has 0 N–H and O–H groups in total. The van der Waals surface area contributed by atoms with Crippen molar-refractivity contribution in [2.75, 3.05) is 4.90 Å². The van der Waals surface area contributed by atoms with Crippen molar-refractivity contribution < 1.29 is 0 Å². The first-order valence-corrected chi connectivity index (χ1v) is 20.1. The Bertz CT molecular complexity index is 3110. The first kappa shape index (κ1) is 33.8. The predicted octanol–water partition coefficient (Wildman–Crippen LogP) is 15.8. The van der Waals surface area contributed by atoms with Crippen molar-refractivity contribution in [2.24, 2.45) is 0 Å². The number of rotatable bonds is 9. The molecule has 0 bridgehead atoms. The van der Waals surface area contributed by atoms with Gasteiger partial charge in [-0.2, -0.15) is 0 Å². The van der Waals surface area contributed by atoms with Crippen molar-refractivity contribution in [3.63, 3.8) is 0 Å². The first-order chi connectivity index (χ1) is 27.8. The van der Waals surface area contributed by atoms with E-state index in [-0.39, 0.29) is 0 Å². The lowest BCUT2D eigenvalue weighted by Gasteiger charge is -2.28. The summed E-state index contributed by atoms with van der Waals surface area (Å²) < 4.78 is 1.30. The highest BCUT2D eigenvalue weighted by molar-refractivity contribution is 7.19. The molecule has 1 heterocycles. The zero-order valence-electron chi connectivity index (χ0n) is 31.0. The Labute approximate surface area is 331 Å². The smallest absolute Gasteiger partial charge is 0.0581 e. The maximum atomic E-state index is 3.98. The summed E-state index contributed by atoms with van der Waals surface area (Å²) in [5, 5.41) is 11.3. The van der Waals surface area contributed by atoms with Gasteiger partial charge in [-0.15, -0.1) is 17.9 Å². The molecule has 0 unspecified atom stereocenters. The average Bonchev–Trinajstić information content (AvgIpc) is 3.62. The Morgan fingerprint density at radius 1 is 0.482 bits per heavy atom. The minimum atomic E-state index is 0.711. The SMILES string of the molecule is C=CC/C=C\c1c(CN(c2cccc(-c3c(-c4ccccc4)c4ccccc4c4ccccc34)c2)c2cc3ccccc3c3ccccc23)sc2ccccc12. The number of nitrogens with zero attached hydrogens (tertiary/aromatic N) is 1. The number of thiophene rings is 1. The molecule has 10 rings (SSSR count). The largest absolute Gasteiger partial charge is 0.336 e. The maximum Gasteiger partial charge on any atom is 0.0581 e. The third-order valence-corrected chi connectivity index (χ3v) is 12.3. The van der Waals surface area contributed by atoms with Crippen LogP contribution in [0.3, 0.4) is 0 Å². The summed E-state index contributed by atoms with van der Waals surface area (Å²) in [6.07, 6.45) is 7.33. The lowest BCUT2D eigenvalue weighted by atomic mass is 9.85. The van der Waals surface area contributed by atoms with Crippen LogP contribution in [0.4, 0.5) is 11.4 Å². The summed E-state index contributed by atoms with van der Waals surface area (Å²) >= 11 is 1.89. The second-order valence-corrected chi connectivity index (χ2v) is 15.5. The first-order valence-electron chi connectivity index (χ1n) is 19.3. The van der Waals surface area contributed by atoms with Gasteiger partial charge in [0.25, 0.3) is 0 Å². The molecule has 0 amide bonds.